The zero-order chi connectivity index (χ0) is 23.0. The molecule has 0 radical (unpaired) electrons. The fourth-order valence-corrected chi connectivity index (χ4v) is 4.29. The maximum Gasteiger partial charge on any atom is 0.183 e. The molecule has 0 bridgehead atoms. The second kappa shape index (κ2) is 8.31. The fraction of sp³-hybridized carbons (Fsp3) is 0.261. The Hall–Kier alpha value is -3.33. The highest BCUT2D eigenvalue weighted by Crippen LogP contribution is 2.38. The topological polar surface area (TPSA) is 87.0 Å². The monoisotopic (exact) mass is 454 g/mol. The van der Waals surface area contributed by atoms with Gasteiger partial charge in [0, 0.05) is 29.5 Å². The summed E-state index contributed by atoms with van der Waals surface area (Å²) >= 11 is 0. The molecule has 0 N–H and O–H groups in total. The van der Waals surface area contributed by atoms with Gasteiger partial charge in [0.05, 0.1) is 24.9 Å². The molecule has 2 heterocycles. The molecule has 0 saturated carbocycles. The summed E-state index contributed by atoms with van der Waals surface area (Å²) in [5.74, 6) is -0.0318. The average molecular weight is 455 g/mol. The van der Waals surface area contributed by atoms with Gasteiger partial charge in [-0.15, -0.1) is 5.10 Å². The molecule has 0 aliphatic heterocycles. The molecule has 2 aromatic heterocycles. The molecule has 0 saturated heterocycles. The molecule has 0 fully saturated rings. The number of imidazole rings is 1. The van der Waals surface area contributed by atoms with Crippen LogP contribution in [0.5, 0.6) is 5.75 Å². The van der Waals surface area contributed by atoms with Crippen LogP contribution in [0.3, 0.4) is 0 Å². The van der Waals surface area contributed by atoms with Crippen LogP contribution in [0.4, 0.5) is 4.39 Å². The van der Waals surface area contributed by atoms with Crippen molar-refractivity contribution in [3.05, 3.63) is 60.3 Å². The Morgan fingerprint density at radius 3 is 2.59 bits per heavy atom. The van der Waals surface area contributed by atoms with Gasteiger partial charge in [0.15, 0.2) is 15.5 Å². The van der Waals surface area contributed by atoms with E-state index in [2.05, 4.69) is 15.2 Å². The van der Waals surface area contributed by atoms with Crippen LogP contribution in [0, 0.1) is 5.82 Å². The van der Waals surface area contributed by atoms with Crippen molar-refractivity contribution in [1.29, 1.82) is 0 Å². The Kier molecular flexibility index (Phi) is 5.68. The summed E-state index contributed by atoms with van der Waals surface area (Å²) in [5, 5.41) is 7.57. The van der Waals surface area contributed by atoms with Crippen molar-refractivity contribution in [3.8, 4) is 28.0 Å². The minimum Gasteiger partial charge on any atom is -0.496 e. The summed E-state index contributed by atoms with van der Waals surface area (Å²) in [4.78, 5) is 4.46. The smallest absolute Gasteiger partial charge is 0.183 e. The third-order valence-corrected chi connectivity index (χ3v) is 7.21. The first kappa shape index (κ1) is 21.9. The number of sulfone groups is 1. The molecule has 1 unspecified atom stereocenters. The molecule has 0 aliphatic rings. The lowest BCUT2D eigenvalue weighted by Crippen LogP contribution is -2.08. The van der Waals surface area contributed by atoms with Crippen LogP contribution in [0.15, 0.2) is 48.9 Å². The minimum absolute atomic E-state index is 0.331. The molecule has 0 amide bonds. The molecular formula is C23H23FN4O3S. The molecule has 9 heteroatoms. The standard InChI is InChI=1S/C23H23FN4O3S/c1-5-28-13-25-22-19(12-26-27-23(22)28)16-7-9-20(24)18(10-16)17-8-6-15(11-21(17)31-3)14(2)32(4,29)30/h6-14H,5H2,1-4H3. The first-order valence-electron chi connectivity index (χ1n) is 10.1. The van der Waals surface area contributed by atoms with Crippen molar-refractivity contribution in [2.45, 2.75) is 25.6 Å². The molecule has 4 aromatic rings. The lowest BCUT2D eigenvalue weighted by molar-refractivity contribution is 0.415. The second-order valence-electron chi connectivity index (χ2n) is 7.59. The van der Waals surface area contributed by atoms with Crippen molar-refractivity contribution >= 4 is 21.0 Å². The lowest BCUT2D eigenvalue weighted by Gasteiger charge is -2.15. The average Bonchev–Trinajstić information content (AvgIpc) is 3.21. The zero-order valence-electron chi connectivity index (χ0n) is 18.2. The SMILES string of the molecule is CCn1cnc2c(-c3ccc(F)c(-c4ccc(C(C)S(C)(=O)=O)cc4OC)c3)cnnc21. The van der Waals surface area contributed by atoms with E-state index >= 15 is 0 Å². The number of aryl methyl sites for hydroxylation is 1. The fourth-order valence-electron chi connectivity index (χ4n) is 3.65. The molecule has 166 valence electrons. The minimum atomic E-state index is -3.28. The number of rotatable bonds is 6. The largest absolute Gasteiger partial charge is 0.496 e. The number of hydrogen-bond acceptors (Lipinski definition) is 6. The molecule has 7 nitrogen and oxygen atoms in total. The molecule has 32 heavy (non-hydrogen) atoms. The van der Waals surface area contributed by atoms with Gasteiger partial charge in [0.1, 0.15) is 17.1 Å². The lowest BCUT2D eigenvalue weighted by atomic mass is 9.97. The van der Waals surface area contributed by atoms with Crippen LogP contribution in [0.1, 0.15) is 24.7 Å². The summed E-state index contributed by atoms with van der Waals surface area (Å²) in [6.07, 6.45) is 4.50. The first-order chi connectivity index (χ1) is 15.2. The van der Waals surface area contributed by atoms with Crippen LogP contribution < -0.4 is 4.74 Å². The Bertz CT molecular complexity index is 1420. The summed E-state index contributed by atoms with van der Waals surface area (Å²) in [7, 11) is -1.81. The van der Waals surface area contributed by atoms with E-state index in [-0.39, 0.29) is 0 Å². The molecule has 0 aliphatic carbocycles. The number of nitrogens with zero attached hydrogens (tertiary/aromatic N) is 4. The van der Waals surface area contributed by atoms with E-state index < -0.39 is 20.9 Å². The third kappa shape index (κ3) is 3.84. The molecule has 0 spiro atoms. The number of fused-ring (bicyclic) bond motifs is 1. The van der Waals surface area contributed by atoms with Gasteiger partial charge in [-0.3, -0.25) is 0 Å². The van der Waals surface area contributed by atoms with E-state index in [4.69, 9.17) is 4.74 Å². The van der Waals surface area contributed by atoms with Gasteiger partial charge in [-0.2, -0.15) is 5.10 Å². The van der Waals surface area contributed by atoms with Crippen molar-refractivity contribution in [3.63, 3.8) is 0 Å². The number of benzene rings is 2. The Balaban J connectivity index is 1.85. The number of halogens is 1. The summed E-state index contributed by atoms with van der Waals surface area (Å²) in [6.45, 7) is 4.31. The van der Waals surface area contributed by atoms with Gasteiger partial charge < -0.3 is 9.30 Å². The third-order valence-electron chi connectivity index (χ3n) is 5.65. The number of hydrogen-bond donors (Lipinski definition) is 0. The van der Waals surface area contributed by atoms with Crippen molar-refractivity contribution in [2.75, 3.05) is 13.4 Å². The van der Waals surface area contributed by atoms with Gasteiger partial charge in [-0.1, -0.05) is 18.2 Å². The van der Waals surface area contributed by atoms with Crippen LogP contribution in [0.25, 0.3) is 33.4 Å². The van der Waals surface area contributed by atoms with Crippen LogP contribution in [-0.2, 0) is 16.4 Å². The van der Waals surface area contributed by atoms with Gasteiger partial charge in [0.2, 0.25) is 0 Å². The Morgan fingerprint density at radius 2 is 1.91 bits per heavy atom. The normalized spacial score (nSPS) is 12.8. The van der Waals surface area contributed by atoms with E-state index in [0.29, 0.717) is 40.1 Å². The predicted octanol–water partition coefficient (Wildman–Crippen LogP) is 4.43. The van der Waals surface area contributed by atoms with E-state index in [0.717, 1.165) is 11.1 Å². The maximum absolute atomic E-state index is 14.9. The van der Waals surface area contributed by atoms with Crippen LogP contribution >= 0.6 is 0 Å². The maximum atomic E-state index is 14.9. The Morgan fingerprint density at radius 1 is 1.12 bits per heavy atom. The van der Waals surface area contributed by atoms with E-state index in [1.807, 2.05) is 11.5 Å². The number of methoxy groups -OCH3 is 1. The summed E-state index contributed by atoms with van der Waals surface area (Å²) in [6, 6.07) is 9.79. The van der Waals surface area contributed by atoms with E-state index in [1.165, 1.54) is 19.4 Å². The highest BCUT2D eigenvalue weighted by Gasteiger charge is 2.21. The first-order valence-corrected chi connectivity index (χ1v) is 12.0. The van der Waals surface area contributed by atoms with Gasteiger partial charge in [-0.05, 0) is 43.2 Å². The van der Waals surface area contributed by atoms with Crippen molar-refractivity contribution in [2.24, 2.45) is 0 Å². The molecule has 4 rings (SSSR count). The molecule has 1 atom stereocenters. The van der Waals surface area contributed by atoms with E-state index in [1.54, 1.807) is 49.8 Å². The Labute approximate surface area is 185 Å². The quantitative estimate of drug-likeness (QED) is 0.428. The zero-order valence-corrected chi connectivity index (χ0v) is 19.0. The number of aromatic nitrogens is 4. The highest BCUT2D eigenvalue weighted by molar-refractivity contribution is 7.90. The second-order valence-corrected chi connectivity index (χ2v) is 9.95. The van der Waals surface area contributed by atoms with Gasteiger partial charge in [-0.25, -0.2) is 17.8 Å². The predicted molar refractivity (Wildman–Crippen MR) is 122 cm³/mol. The molecule has 2 aromatic carbocycles. The van der Waals surface area contributed by atoms with Crippen LogP contribution in [-0.4, -0.2) is 41.5 Å². The van der Waals surface area contributed by atoms with Gasteiger partial charge in [0.25, 0.3) is 0 Å². The van der Waals surface area contributed by atoms with Gasteiger partial charge >= 0.3 is 0 Å². The molecular weight excluding hydrogens is 431 g/mol. The summed E-state index contributed by atoms with van der Waals surface area (Å²) in [5.41, 5.74) is 4.25. The van der Waals surface area contributed by atoms with Crippen molar-refractivity contribution in [1.82, 2.24) is 19.7 Å². The van der Waals surface area contributed by atoms with E-state index in [9.17, 15) is 12.8 Å². The summed E-state index contributed by atoms with van der Waals surface area (Å²) < 4.78 is 46.2. The van der Waals surface area contributed by atoms with Crippen LogP contribution in [0.2, 0.25) is 0 Å². The highest BCUT2D eigenvalue weighted by atomic mass is 32.2. The number of ether oxygens (including phenoxy) is 1. The van der Waals surface area contributed by atoms with Crippen molar-refractivity contribution < 1.29 is 17.5 Å².